The number of carbonyl (C=O) groups excluding carboxylic acids is 2. The highest BCUT2D eigenvalue weighted by molar-refractivity contribution is 6.75. The highest BCUT2D eigenvalue weighted by Gasteiger charge is 2.41. The van der Waals surface area contributed by atoms with Crippen LogP contribution in [0.15, 0.2) is 30.3 Å². The van der Waals surface area contributed by atoms with Crippen molar-refractivity contribution >= 4 is 57.2 Å². The van der Waals surface area contributed by atoms with Crippen LogP contribution >= 0.6 is 23.2 Å². The Kier molecular flexibility index (Phi) is 11.9. The number of halogens is 2. The molecule has 0 bridgehead atoms. The molecule has 0 aromatic heterocycles. The number of hydrogen-bond acceptors (Lipinski definition) is 4. The van der Waals surface area contributed by atoms with E-state index in [1.54, 1.807) is 24.3 Å². The molecule has 0 aliphatic heterocycles. The minimum Gasteiger partial charge on any atom is -0.543 e. The maximum Gasteiger partial charge on any atom is 0.250 e. The third kappa shape index (κ3) is 9.18. The number of benzene rings is 2. The Labute approximate surface area is 270 Å². The van der Waals surface area contributed by atoms with Crippen LogP contribution in [-0.2, 0) is 15.6 Å². The van der Waals surface area contributed by atoms with Crippen LogP contribution in [0.3, 0.4) is 0 Å². The zero-order valence-electron chi connectivity index (χ0n) is 27.8. The second-order valence-electron chi connectivity index (χ2n) is 14.3. The molecule has 0 fully saturated rings. The molecule has 0 aliphatic carbocycles. The van der Waals surface area contributed by atoms with E-state index in [4.69, 9.17) is 38.6 Å². The topological polar surface area (TPSA) is 69.0 Å². The van der Waals surface area contributed by atoms with E-state index in [9.17, 15) is 9.59 Å². The van der Waals surface area contributed by atoms with Crippen molar-refractivity contribution in [2.75, 3.05) is 6.54 Å². The van der Waals surface area contributed by atoms with Gasteiger partial charge in [-0.3, -0.25) is 9.59 Å². The fraction of sp³-hybridized carbons (Fsp3) is 0.545. The van der Waals surface area contributed by atoms with Crippen molar-refractivity contribution in [2.24, 2.45) is 5.92 Å². The van der Waals surface area contributed by atoms with Crippen LogP contribution in [0.5, 0.6) is 5.75 Å². The third-order valence-corrected chi connectivity index (χ3v) is 18.8. The first kappa shape index (κ1) is 37.0. The van der Waals surface area contributed by atoms with E-state index in [-0.39, 0.29) is 28.3 Å². The molecule has 1 N–H and O–H groups in total. The molecule has 236 valence electrons. The smallest absolute Gasteiger partial charge is 0.250 e. The van der Waals surface area contributed by atoms with Crippen molar-refractivity contribution in [1.29, 1.82) is 0 Å². The molecule has 1 amide bonds. The largest absolute Gasteiger partial charge is 0.543 e. The van der Waals surface area contributed by atoms with Gasteiger partial charge in [-0.25, -0.2) is 4.85 Å². The summed E-state index contributed by atoms with van der Waals surface area (Å²) < 4.78 is 13.0. The summed E-state index contributed by atoms with van der Waals surface area (Å²) in [5, 5.41) is 3.56. The summed E-state index contributed by atoms with van der Waals surface area (Å²) in [6, 6.07) is 8.54. The van der Waals surface area contributed by atoms with Crippen LogP contribution < -0.4 is 9.74 Å². The standard InChI is InChI=1S/C33H48Cl2N2O4Si2/c1-21-23(14-16-27(36-9)30(21)35)18-25(22(2)40-42(10,11)32(3,4)5)31(39)37-20-28(38)24-15-17-29(26(34)19-24)41-43(12,13)33(6,7)8/h14-17,19,22,25H,18,20H2,1-8,10-13H3,(H,37,39)/t22-,25-/m1/s1. The molecule has 2 atom stereocenters. The van der Waals surface area contributed by atoms with E-state index in [2.05, 4.69) is 77.9 Å². The molecule has 6 nitrogen and oxygen atoms in total. The molecule has 0 aliphatic rings. The first-order valence-corrected chi connectivity index (χ1v) is 21.2. The number of carbonyl (C=O) groups is 2. The quantitative estimate of drug-likeness (QED) is 0.148. The van der Waals surface area contributed by atoms with E-state index < -0.39 is 28.7 Å². The van der Waals surface area contributed by atoms with Crippen molar-refractivity contribution in [3.8, 4) is 5.75 Å². The molecule has 0 saturated carbocycles. The minimum absolute atomic E-state index is 0.0000518. The van der Waals surface area contributed by atoms with Crippen LogP contribution in [0.25, 0.3) is 4.85 Å². The number of amides is 1. The lowest BCUT2D eigenvalue weighted by molar-refractivity contribution is -0.127. The summed E-state index contributed by atoms with van der Waals surface area (Å²) in [5.41, 5.74) is 2.39. The van der Waals surface area contributed by atoms with Crippen LogP contribution in [0, 0.1) is 19.4 Å². The van der Waals surface area contributed by atoms with Crippen molar-refractivity contribution in [3.63, 3.8) is 0 Å². The molecular formula is C33H48Cl2N2O4Si2. The van der Waals surface area contributed by atoms with Crippen LogP contribution in [0.1, 0.15) is 70.0 Å². The summed E-state index contributed by atoms with van der Waals surface area (Å²) >= 11 is 13.0. The zero-order valence-corrected chi connectivity index (χ0v) is 31.3. The lowest BCUT2D eigenvalue weighted by Gasteiger charge is -2.40. The molecule has 43 heavy (non-hydrogen) atoms. The molecule has 0 saturated heterocycles. The molecule has 0 spiro atoms. The summed E-state index contributed by atoms with van der Waals surface area (Å²) in [4.78, 5) is 30.3. The first-order valence-electron chi connectivity index (χ1n) is 14.6. The minimum atomic E-state index is -2.21. The predicted molar refractivity (Wildman–Crippen MR) is 184 cm³/mol. The van der Waals surface area contributed by atoms with Gasteiger partial charge < -0.3 is 14.2 Å². The average molecular weight is 664 g/mol. The maximum absolute atomic E-state index is 13.7. The molecule has 0 radical (unpaired) electrons. The van der Waals surface area contributed by atoms with Gasteiger partial charge in [-0.1, -0.05) is 76.9 Å². The fourth-order valence-corrected chi connectivity index (χ4v) is 7.03. The second kappa shape index (κ2) is 13.9. The van der Waals surface area contributed by atoms with Crippen molar-refractivity contribution in [2.45, 2.75) is 104 Å². The number of ketones is 1. The molecule has 2 rings (SSSR count). The van der Waals surface area contributed by atoms with Gasteiger partial charge in [0.1, 0.15) is 5.75 Å². The van der Waals surface area contributed by atoms with Crippen molar-refractivity contribution < 1.29 is 18.4 Å². The zero-order chi connectivity index (χ0) is 33.1. The Hall–Kier alpha value is -2.16. The fourth-order valence-electron chi connectivity index (χ4n) is 4.04. The number of rotatable bonds is 11. The van der Waals surface area contributed by atoms with E-state index in [0.29, 0.717) is 33.5 Å². The van der Waals surface area contributed by atoms with Crippen molar-refractivity contribution in [1.82, 2.24) is 5.32 Å². The van der Waals surface area contributed by atoms with Gasteiger partial charge in [0.25, 0.3) is 8.32 Å². The number of nitrogens with zero attached hydrogens (tertiary/aromatic N) is 1. The van der Waals surface area contributed by atoms with Gasteiger partial charge in [0, 0.05) is 5.56 Å². The van der Waals surface area contributed by atoms with Gasteiger partial charge in [-0.15, -0.1) is 0 Å². The SMILES string of the molecule is [C-]#[N+]c1ccc(C[C@@H](C(=O)NCC(=O)c2ccc(O[Si](C)(C)C(C)(C)C)c(Cl)c2)[C@@H](C)O[Si](C)(C)C(C)(C)C)c(C)c1Cl. The Morgan fingerprint density at radius 2 is 1.56 bits per heavy atom. The number of Topliss-reactive ketones (excluding diaryl/α,β-unsaturated/α-hetero) is 1. The Morgan fingerprint density at radius 3 is 2.07 bits per heavy atom. The first-order chi connectivity index (χ1) is 19.5. The van der Waals surface area contributed by atoms with Gasteiger partial charge in [-0.05, 0) is 85.9 Å². The second-order valence-corrected chi connectivity index (χ2v) is 24.6. The van der Waals surface area contributed by atoms with E-state index in [1.165, 1.54) is 0 Å². The molecular weight excluding hydrogens is 615 g/mol. The van der Waals surface area contributed by atoms with Gasteiger partial charge in [0.2, 0.25) is 11.6 Å². The number of hydrogen-bond donors (Lipinski definition) is 1. The van der Waals surface area contributed by atoms with Crippen molar-refractivity contribution in [3.05, 3.63) is 68.5 Å². The lowest BCUT2D eigenvalue weighted by Crippen LogP contribution is -2.48. The lowest BCUT2D eigenvalue weighted by atomic mass is 9.91. The Balaban J connectivity index is 2.28. The number of nitrogens with one attached hydrogen (secondary N) is 1. The van der Waals surface area contributed by atoms with Gasteiger partial charge in [-0.2, -0.15) is 0 Å². The molecule has 0 heterocycles. The average Bonchev–Trinajstić information content (AvgIpc) is 2.87. The van der Waals surface area contributed by atoms with Crippen LogP contribution in [-0.4, -0.2) is 41.0 Å². The van der Waals surface area contributed by atoms with Crippen LogP contribution in [0.2, 0.25) is 46.3 Å². The van der Waals surface area contributed by atoms with Gasteiger partial charge >= 0.3 is 0 Å². The summed E-state index contributed by atoms with van der Waals surface area (Å²) in [7, 11) is -4.32. The van der Waals surface area contributed by atoms with E-state index in [1.807, 2.05) is 19.9 Å². The summed E-state index contributed by atoms with van der Waals surface area (Å²) in [5.74, 6) is -0.567. The molecule has 2 aromatic rings. The molecule has 10 heteroatoms. The monoisotopic (exact) mass is 662 g/mol. The highest BCUT2D eigenvalue weighted by atomic mass is 35.5. The maximum atomic E-state index is 13.7. The van der Waals surface area contributed by atoms with Crippen LogP contribution in [0.4, 0.5) is 5.69 Å². The van der Waals surface area contributed by atoms with Gasteiger partial charge in [0.15, 0.2) is 14.1 Å². The van der Waals surface area contributed by atoms with E-state index >= 15 is 0 Å². The third-order valence-electron chi connectivity index (χ3n) is 9.08. The molecule has 2 aromatic carbocycles. The molecule has 0 unspecified atom stereocenters. The summed E-state index contributed by atoms with van der Waals surface area (Å²) in [6.45, 7) is 32.4. The van der Waals surface area contributed by atoms with Gasteiger partial charge in [0.05, 0.1) is 35.2 Å². The predicted octanol–water partition coefficient (Wildman–Crippen LogP) is 9.80. The Morgan fingerprint density at radius 1 is 0.977 bits per heavy atom. The highest BCUT2D eigenvalue weighted by Crippen LogP contribution is 2.40. The Bertz CT molecular complexity index is 1390. The van der Waals surface area contributed by atoms with E-state index in [0.717, 1.165) is 11.1 Å². The normalized spacial score (nSPS) is 14.1. The summed E-state index contributed by atoms with van der Waals surface area (Å²) in [6.07, 6.45) is -0.0683.